The van der Waals surface area contributed by atoms with Crippen LogP contribution in [0.3, 0.4) is 0 Å². The molecule has 0 saturated carbocycles. The minimum atomic E-state index is -3.63. The number of sulfonamides is 1. The zero-order valence-corrected chi connectivity index (χ0v) is 15.2. The molecule has 1 amide bonds. The predicted octanol–water partition coefficient (Wildman–Crippen LogP) is 1.50. The number of ether oxygens (including phenoxy) is 2. The number of benzene rings is 1. The van der Waals surface area contributed by atoms with E-state index in [0.717, 1.165) is 16.2 Å². The molecule has 1 aliphatic heterocycles. The lowest BCUT2D eigenvalue weighted by molar-refractivity contribution is -0.119. The molecular weight excluding hydrogens is 364 g/mol. The van der Waals surface area contributed by atoms with Crippen LogP contribution in [0.15, 0.2) is 40.6 Å². The fourth-order valence-corrected chi connectivity index (χ4v) is 4.65. The van der Waals surface area contributed by atoms with Crippen LogP contribution >= 0.6 is 11.3 Å². The molecule has 0 bridgehead atoms. The van der Waals surface area contributed by atoms with Gasteiger partial charge in [0.15, 0.2) is 11.5 Å². The monoisotopic (exact) mass is 382 g/mol. The second-order valence-electron chi connectivity index (χ2n) is 5.48. The van der Waals surface area contributed by atoms with Gasteiger partial charge in [-0.15, -0.1) is 11.3 Å². The van der Waals surface area contributed by atoms with Gasteiger partial charge in [-0.1, -0.05) is 12.1 Å². The number of hydrogen-bond donors (Lipinski definition) is 2. The Kier molecular flexibility index (Phi) is 5.26. The Morgan fingerprint density at radius 3 is 2.76 bits per heavy atom. The number of amides is 1. The summed E-state index contributed by atoms with van der Waals surface area (Å²) in [6.07, 6.45) is -0.400. The van der Waals surface area contributed by atoms with Crippen molar-refractivity contribution in [1.82, 2.24) is 10.0 Å². The second-order valence-corrected chi connectivity index (χ2v) is 8.64. The molecule has 9 heteroatoms. The number of thiophene rings is 1. The van der Waals surface area contributed by atoms with Crippen LogP contribution in [0.4, 0.5) is 0 Å². The summed E-state index contributed by atoms with van der Waals surface area (Å²) in [5.74, 6) is 1.10. The molecule has 1 aliphatic rings. The summed E-state index contributed by atoms with van der Waals surface area (Å²) in [5.41, 5.74) is 0. The van der Waals surface area contributed by atoms with Gasteiger partial charge >= 0.3 is 0 Å². The lowest BCUT2D eigenvalue weighted by Crippen LogP contribution is -2.40. The van der Waals surface area contributed by atoms with E-state index >= 15 is 0 Å². The Hall–Kier alpha value is -2.10. The first-order chi connectivity index (χ1) is 11.9. The van der Waals surface area contributed by atoms with Gasteiger partial charge in [0, 0.05) is 11.8 Å². The molecule has 2 heterocycles. The van der Waals surface area contributed by atoms with Gasteiger partial charge in [-0.25, -0.2) is 13.1 Å². The maximum atomic E-state index is 12.4. The first-order valence-electron chi connectivity index (χ1n) is 7.65. The molecule has 0 aliphatic carbocycles. The van der Waals surface area contributed by atoms with Crippen molar-refractivity contribution in [1.29, 1.82) is 0 Å². The molecule has 2 N–H and O–H groups in total. The standard InChI is InChI=1S/C16H18N2O5S2/c1-11(19)17-9-13-6-7-16(24-13)25(20,21)18-8-12-10-22-14-4-2-3-5-15(14)23-12/h2-7,12,18H,8-10H2,1H3,(H,17,19)/t12-/m0/s1. The number of nitrogens with one attached hydrogen (secondary N) is 2. The van der Waals surface area contributed by atoms with Gasteiger partial charge in [-0.2, -0.15) is 0 Å². The van der Waals surface area contributed by atoms with Crippen molar-refractivity contribution in [2.24, 2.45) is 0 Å². The molecule has 0 saturated heterocycles. The van der Waals surface area contributed by atoms with Crippen molar-refractivity contribution in [3.63, 3.8) is 0 Å². The highest BCUT2D eigenvalue weighted by Crippen LogP contribution is 2.30. The summed E-state index contributed by atoms with van der Waals surface area (Å²) >= 11 is 1.12. The highest BCUT2D eigenvalue weighted by molar-refractivity contribution is 7.91. The first kappa shape index (κ1) is 17.7. The summed E-state index contributed by atoms with van der Waals surface area (Å²) in [7, 11) is -3.63. The lowest BCUT2D eigenvalue weighted by atomic mass is 10.2. The molecule has 1 aromatic heterocycles. The maximum absolute atomic E-state index is 12.4. The van der Waals surface area contributed by atoms with Crippen LogP contribution in [0, 0.1) is 0 Å². The van der Waals surface area contributed by atoms with Crippen LogP contribution in [0.25, 0.3) is 0 Å². The number of fused-ring (bicyclic) bond motifs is 1. The van der Waals surface area contributed by atoms with Crippen molar-refractivity contribution < 1.29 is 22.7 Å². The molecule has 7 nitrogen and oxygen atoms in total. The average Bonchev–Trinajstić information content (AvgIpc) is 3.08. The fraction of sp³-hybridized carbons (Fsp3) is 0.312. The van der Waals surface area contributed by atoms with E-state index in [0.29, 0.717) is 18.0 Å². The van der Waals surface area contributed by atoms with E-state index in [1.165, 1.54) is 13.0 Å². The number of rotatable bonds is 6. The predicted molar refractivity (Wildman–Crippen MR) is 93.4 cm³/mol. The minimum Gasteiger partial charge on any atom is -0.486 e. The summed E-state index contributed by atoms with van der Waals surface area (Å²) < 4.78 is 38.8. The normalized spacial score (nSPS) is 16.4. The summed E-state index contributed by atoms with van der Waals surface area (Å²) in [6, 6.07) is 10.5. The van der Waals surface area contributed by atoms with Crippen molar-refractivity contribution in [3.8, 4) is 11.5 Å². The van der Waals surface area contributed by atoms with E-state index in [2.05, 4.69) is 10.0 Å². The van der Waals surface area contributed by atoms with Gasteiger partial charge in [0.05, 0.1) is 13.1 Å². The molecule has 1 atom stereocenters. The van der Waals surface area contributed by atoms with Crippen LogP contribution in [0.5, 0.6) is 11.5 Å². The van der Waals surface area contributed by atoms with Gasteiger partial charge in [-0.05, 0) is 24.3 Å². The Morgan fingerprint density at radius 1 is 1.24 bits per heavy atom. The molecule has 3 rings (SSSR count). The fourth-order valence-electron chi connectivity index (χ4n) is 2.25. The molecule has 25 heavy (non-hydrogen) atoms. The van der Waals surface area contributed by atoms with Crippen molar-refractivity contribution in [2.75, 3.05) is 13.2 Å². The van der Waals surface area contributed by atoms with Crippen molar-refractivity contribution in [2.45, 2.75) is 23.8 Å². The highest BCUT2D eigenvalue weighted by atomic mass is 32.2. The zero-order chi connectivity index (χ0) is 17.9. The van der Waals surface area contributed by atoms with Gasteiger partial charge in [-0.3, -0.25) is 4.79 Å². The second kappa shape index (κ2) is 7.42. The first-order valence-corrected chi connectivity index (χ1v) is 9.95. The van der Waals surface area contributed by atoms with Crippen LogP contribution in [0.1, 0.15) is 11.8 Å². The summed E-state index contributed by atoms with van der Waals surface area (Å²) in [4.78, 5) is 11.7. The third kappa shape index (κ3) is 4.50. The third-order valence-corrected chi connectivity index (χ3v) is 6.48. The largest absolute Gasteiger partial charge is 0.486 e. The number of hydrogen-bond acceptors (Lipinski definition) is 6. The highest BCUT2D eigenvalue weighted by Gasteiger charge is 2.24. The lowest BCUT2D eigenvalue weighted by Gasteiger charge is -2.26. The molecule has 0 spiro atoms. The molecule has 0 radical (unpaired) electrons. The molecule has 134 valence electrons. The van der Waals surface area contributed by atoms with E-state index < -0.39 is 16.1 Å². The number of carbonyl (C=O) groups is 1. The Morgan fingerprint density at radius 2 is 2.00 bits per heavy atom. The van der Waals surface area contributed by atoms with Gasteiger partial charge in [0.1, 0.15) is 16.9 Å². The van der Waals surface area contributed by atoms with Gasteiger partial charge < -0.3 is 14.8 Å². The molecule has 1 aromatic carbocycles. The van der Waals surface area contributed by atoms with Crippen molar-refractivity contribution in [3.05, 3.63) is 41.3 Å². The average molecular weight is 382 g/mol. The van der Waals surface area contributed by atoms with E-state index in [1.54, 1.807) is 18.2 Å². The summed E-state index contributed by atoms with van der Waals surface area (Å²) in [6.45, 7) is 2.11. The zero-order valence-electron chi connectivity index (χ0n) is 13.5. The topological polar surface area (TPSA) is 93.7 Å². The smallest absolute Gasteiger partial charge is 0.250 e. The van der Waals surface area contributed by atoms with Gasteiger partial charge in [0.2, 0.25) is 15.9 Å². The van der Waals surface area contributed by atoms with Crippen LogP contribution in [-0.4, -0.2) is 33.6 Å². The molecule has 0 unspecified atom stereocenters. The van der Waals surface area contributed by atoms with Crippen molar-refractivity contribution >= 4 is 27.3 Å². The van der Waals surface area contributed by atoms with E-state index in [-0.39, 0.29) is 23.3 Å². The van der Waals surface area contributed by atoms with Crippen LogP contribution in [-0.2, 0) is 21.4 Å². The number of carbonyl (C=O) groups excluding carboxylic acids is 1. The van der Waals surface area contributed by atoms with Crippen LogP contribution < -0.4 is 19.5 Å². The van der Waals surface area contributed by atoms with E-state index in [4.69, 9.17) is 9.47 Å². The van der Waals surface area contributed by atoms with E-state index in [9.17, 15) is 13.2 Å². The summed E-state index contributed by atoms with van der Waals surface area (Å²) in [5, 5.41) is 2.64. The third-order valence-electron chi connectivity index (χ3n) is 3.48. The molecule has 0 fully saturated rings. The SMILES string of the molecule is CC(=O)NCc1ccc(S(=O)(=O)NC[C@H]2COc3ccccc3O2)s1. The minimum absolute atomic E-state index is 0.107. The molecule has 2 aromatic rings. The maximum Gasteiger partial charge on any atom is 0.250 e. The number of para-hydroxylation sites is 2. The Labute approximate surface area is 150 Å². The Balaban J connectivity index is 1.58. The molecular formula is C16H18N2O5S2. The van der Waals surface area contributed by atoms with E-state index in [1.807, 2.05) is 12.1 Å². The Bertz CT molecular complexity index is 863. The van der Waals surface area contributed by atoms with Crippen LogP contribution in [0.2, 0.25) is 0 Å². The van der Waals surface area contributed by atoms with Gasteiger partial charge in [0.25, 0.3) is 0 Å². The quantitative estimate of drug-likeness (QED) is 0.790.